The Balaban J connectivity index is 2.88. The lowest BCUT2D eigenvalue weighted by Crippen LogP contribution is -2.20. The predicted molar refractivity (Wildman–Crippen MR) is 72.7 cm³/mol. The molecule has 0 aliphatic heterocycles. The topological polar surface area (TPSA) is 49.8 Å². The van der Waals surface area contributed by atoms with Gasteiger partial charge in [0.1, 0.15) is 5.82 Å². The van der Waals surface area contributed by atoms with Crippen LogP contribution in [0.25, 0.3) is 0 Å². The number of halogens is 3. The molecule has 19 heavy (non-hydrogen) atoms. The van der Waals surface area contributed by atoms with Crippen LogP contribution < -0.4 is 10.6 Å². The zero-order chi connectivity index (χ0) is 14.5. The number of rotatable bonds is 6. The van der Waals surface area contributed by atoms with Crippen LogP contribution in [0.4, 0.5) is 24.9 Å². The zero-order valence-electron chi connectivity index (χ0n) is 11.0. The molecule has 8 heteroatoms. The van der Waals surface area contributed by atoms with E-state index in [1.807, 2.05) is 13.8 Å². The molecule has 0 amide bonds. The van der Waals surface area contributed by atoms with Gasteiger partial charge >= 0.3 is 6.18 Å². The molecule has 0 aromatic carbocycles. The summed E-state index contributed by atoms with van der Waals surface area (Å²) >= 11 is 1.71. The molecule has 0 spiro atoms. The van der Waals surface area contributed by atoms with Crippen LogP contribution in [0.15, 0.2) is 6.07 Å². The highest BCUT2D eigenvalue weighted by Crippen LogP contribution is 2.29. The summed E-state index contributed by atoms with van der Waals surface area (Å²) in [6.45, 7) is 3.93. The molecule has 1 rings (SSSR count). The van der Waals surface area contributed by atoms with Gasteiger partial charge in [0.25, 0.3) is 0 Å². The Kier molecular flexibility index (Phi) is 5.71. The molecule has 1 atom stereocenters. The monoisotopic (exact) mass is 294 g/mol. The van der Waals surface area contributed by atoms with Crippen molar-refractivity contribution in [1.29, 1.82) is 0 Å². The Morgan fingerprint density at radius 1 is 1.37 bits per heavy atom. The van der Waals surface area contributed by atoms with Crippen molar-refractivity contribution in [3.63, 3.8) is 0 Å². The van der Waals surface area contributed by atoms with Crippen molar-refractivity contribution in [1.82, 2.24) is 9.97 Å². The van der Waals surface area contributed by atoms with Crippen LogP contribution in [0, 0.1) is 0 Å². The smallest absolute Gasteiger partial charge is 0.367 e. The first-order chi connectivity index (χ1) is 8.86. The highest BCUT2D eigenvalue weighted by Gasteiger charge is 2.33. The highest BCUT2D eigenvalue weighted by molar-refractivity contribution is 7.99. The molecule has 0 aliphatic carbocycles. The molecule has 2 N–H and O–H groups in total. The van der Waals surface area contributed by atoms with E-state index in [1.165, 1.54) is 7.05 Å². The van der Waals surface area contributed by atoms with Gasteiger partial charge < -0.3 is 10.6 Å². The third kappa shape index (κ3) is 5.14. The van der Waals surface area contributed by atoms with Crippen LogP contribution >= 0.6 is 11.8 Å². The average Bonchev–Trinajstić information content (AvgIpc) is 2.34. The van der Waals surface area contributed by atoms with Crippen molar-refractivity contribution in [2.45, 2.75) is 26.1 Å². The molecule has 4 nitrogen and oxygen atoms in total. The first-order valence-electron chi connectivity index (χ1n) is 5.85. The second kappa shape index (κ2) is 6.83. The van der Waals surface area contributed by atoms with Crippen LogP contribution in [0.5, 0.6) is 0 Å². The van der Waals surface area contributed by atoms with Crippen molar-refractivity contribution < 1.29 is 13.2 Å². The van der Waals surface area contributed by atoms with Gasteiger partial charge in [0.15, 0.2) is 5.69 Å². The quantitative estimate of drug-likeness (QED) is 0.844. The van der Waals surface area contributed by atoms with Gasteiger partial charge in [-0.3, -0.25) is 0 Å². The van der Waals surface area contributed by atoms with E-state index < -0.39 is 11.9 Å². The predicted octanol–water partition coefficient (Wildman–Crippen LogP) is 3.09. The van der Waals surface area contributed by atoms with Gasteiger partial charge in [-0.05, 0) is 12.7 Å². The van der Waals surface area contributed by atoms with Crippen molar-refractivity contribution >= 4 is 23.5 Å². The van der Waals surface area contributed by atoms with E-state index in [1.54, 1.807) is 11.8 Å². The number of nitrogens with one attached hydrogen (secondary N) is 2. The van der Waals surface area contributed by atoms with Crippen LogP contribution in [0.1, 0.15) is 19.5 Å². The fourth-order valence-corrected chi connectivity index (χ4v) is 2.04. The minimum Gasteiger partial charge on any atom is -0.367 e. The lowest BCUT2D eigenvalue weighted by molar-refractivity contribution is -0.141. The standard InChI is InChI=1S/C11H17F3N4S/c1-4-19-6-7(2)16-9-5-8(11(12,13)14)17-10(15-3)18-9/h5,7H,4,6H2,1-3H3,(H2,15,16,17,18). The van der Waals surface area contributed by atoms with Gasteiger partial charge in [-0.2, -0.15) is 29.9 Å². The molecule has 0 bridgehead atoms. The molecule has 1 unspecified atom stereocenters. The first kappa shape index (κ1) is 15.9. The maximum absolute atomic E-state index is 12.7. The van der Waals surface area contributed by atoms with Gasteiger partial charge in [-0.15, -0.1) is 0 Å². The third-order valence-corrected chi connectivity index (χ3v) is 3.35. The zero-order valence-corrected chi connectivity index (χ0v) is 11.8. The fourth-order valence-electron chi connectivity index (χ4n) is 1.37. The van der Waals surface area contributed by atoms with Gasteiger partial charge in [-0.25, -0.2) is 4.98 Å². The Hall–Kier alpha value is -1.18. The summed E-state index contributed by atoms with van der Waals surface area (Å²) in [7, 11) is 1.48. The molecular weight excluding hydrogens is 277 g/mol. The Labute approximate surface area is 114 Å². The summed E-state index contributed by atoms with van der Waals surface area (Å²) in [5.74, 6) is 1.89. The summed E-state index contributed by atoms with van der Waals surface area (Å²) in [5, 5.41) is 5.48. The molecular formula is C11H17F3N4S. The number of alkyl halides is 3. The van der Waals surface area contributed by atoms with Gasteiger partial charge in [-0.1, -0.05) is 6.92 Å². The van der Waals surface area contributed by atoms with Crippen molar-refractivity contribution in [2.75, 3.05) is 29.2 Å². The van der Waals surface area contributed by atoms with Crippen LogP contribution in [0.3, 0.4) is 0 Å². The first-order valence-corrected chi connectivity index (χ1v) is 7.00. The molecule has 1 aromatic heterocycles. The van der Waals surface area contributed by atoms with Crippen LogP contribution in [-0.2, 0) is 6.18 Å². The van der Waals surface area contributed by atoms with Crippen LogP contribution in [-0.4, -0.2) is 34.6 Å². The lowest BCUT2D eigenvalue weighted by Gasteiger charge is -2.16. The fraction of sp³-hybridized carbons (Fsp3) is 0.636. The van der Waals surface area contributed by atoms with E-state index >= 15 is 0 Å². The van der Waals surface area contributed by atoms with Crippen molar-refractivity contribution in [2.24, 2.45) is 0 Å². The second-order valence-corrected chi connectivity index (χ2v) is 5.23. The summed E-state index contributed by atoms with van der Waals surface area (Å²) < 4.78 is 38.0. The molecule has 0 aliphatic rings. The highest BCUT2D eigenvalue weighted by atomic mass is 32.2. The molecule has 0 radical (unpaired) electrons. The minimum absolute atomic E-state index is 0.0330. The average molecular weight is 294 g/mol. The molecule has 0 saturated heterocycles. The van der Waals surface area contributed by atoms with Crippen molar-refractivity contribution in [3.05, 3.63) is 11.8 Å². The number of anilines is 2. The van der Waals surface area contributed by atoms with Gasteiger partial charge in [0.05, 0.1) is 0 Å². The summed E-state index contributed by atoms with van der Waals surface area (Å²) in [5.41, 5.74) is -0.954. The lowest BCUT2D eigenvalue weighted by atomic mass is 10.3. The second-order valence-electron chi connectivity index (χ2n) is 3.91. The molecule has 108 valence electrons. The maximum Gasteiger partial charge on any atom is 0.433 e. The normalized spacial score (nSPS) is 13.2. The van der Waals surface area contributed by atoms with E-state index in [0.717, 1.165) is 17.6 Å². The molecule has 1 heterocycles. The summed E-state index contributed by atoms with van der Waals surface area (Å²) in [6, 6.07) is 0.958. The Morgan fingerprint density at radius 2 is 2.05 bits per heavy atom. The molecule has 0 fully saturated rings. The van der Waals surface area contributed by atoms with E-state index in [2.05, 4.69) is 20.6 Å². The largest absolute Gasteiger partial charge is 0.433 e. The van der Waals surface area contributed by atoms with E-state index in [4.69, 9.17) is 0 Å². The number of nitrogens with zero attached hydrogens (tertiary/aromatic N) is 2. The number of aromatic nitrogens is 2. The van der Waals surface area contributed by atoms with Crippen molar-refractivity contribution in [3.8, 4) is 0 Å². The molecule has 1 aromatic rings. The Bertz CT molecular complexity index is 411. The summed E-state index contributed by atoms with van der Waals surface area (Å²) in [4.78, 5) is 7.37. The molecule has 0 saturated carbocycles. The number of hydrogen-bond donors (Lipinski definition) is 2. The number of thioether (sulfide) groups is 1. The van der Waals surface area contributed by atoms with E-state index in [9.17, 15) is 13.2 Å². The number of hydrogen-bond acceptors (Lipinski definition) is 5. The summed E-state index contributed by atoms with van der Waals surface area (Å²) in [6.07, 6.45) is -4.48. The van der Waals surface area contributed by atoms with Gasteiger partial charge in [0.2, 0.25) is 5.95 Å². The third-order valence-electron chi connectivity index (χ3n) is 2.21. The van der Waals surface area contributed by atoms with E-state index in [0.29, 0.717) is 0 Å². The minimum atomic E-state index is -4.48. The van der Waals surface area contributed by atoms with Crippen LogP contribution in [0.2, 0.25) is 0 Å². The van der Waals surface area contributed by atoms with E-state index in [-0.39, 0.29) is 17.8 Å². The maximum atomic E-state index is 12.7. The van der Waals surface area contributed by atoms with Gasteiger partial charge in [0, 0.05) is 24.9 Å². The SMILES string of the molecule is CCSCC(C)Nc1cc(C(F)(F)F)nc(NC)n1. The Morgan fingerprint density at radius 3 is 2.58 bits per heavy atom.